The molecule has 1 amide bonds. The first-order valence-electron chi connectivity index (χ1n) is 32.8. The quantitative estimate of drug-likeness (QED) is 0.0184. The van der Waals surface area contributed by atoms with Gasteiger partial charge in [0.15, 0.2) is 21.5 Å². The predicted molar refractivity (Wildman–Crippen MR) is 418 cm³/mol. The Morgan fingerprint density at radius 2 is 1.13 bits per heavy atom. The molecule has 2 saturated heterocycles. The van der Waals surface area contributed by atoms with Crippen molar-refractivity contribution in [2.75, 3.05) is 149 Å². The molecule has 5 heterocycles. The number of methoxy groups -OCH3 is 3. The van der Waals surface area contributed by atoms with Gasteiger partial charge in [0.1, 0.15) is 54.5 Å². The number of halogens is 2. The molecule has 0 spiro atoms. The third kappa shape index (κ3) is 20.4. The van der Waals surface area contributed by atoms with Crippen LogP contribution in [0.4, 0.5) is 80.8 Å². The number of hydrogen-bond donors (Lipinski definition) is 8. The highest BCUT2D eigenvalue weighted by Crippen LogP contribution is 2.47. The van der Waals surface area contributed by atoms with Crippen LogP contribution in [-0.2, 0) is 28.3 Å². The number of nitrogens with zero attached hydrogens (tertiary/aromatic N) is 8. The zero-order chi connectivity index (χ0) is 73.4. The van der Waals surface area contributed by atoms with Gasteiger partial charge in [-0.1, -0.05) is 59.6 Å². The lowest BCUT2D eigenvalue weighted by Gasteiger charge is -2.24. The lowest BCUT2D eigenvalue weighted by molar-refractivity contribution is -0.127. The number of hydrogen-bond acceptors (Lipinski definition) is 24. The van der Waals surface area contributed by atoms with E-state index >= 15 is 0 Å². The van der Waals surface area contributed by atoms with E-state index in [1.165, 1.54) is 12.4 Å². The molecule has 0 atom stereocenters. The SMILES string of the molecule is COc1cc(N(C)C)ccc1Nc1ncc(Cl)c(Nc2ccccc2P(C)(C)=O)n1.COc1cc(NCCCN2CCCC2=O)ccc1Nc1ncc(Cl)c(Nc2ccccc2P(C)(C)=O)n1.COc1cc(P2(=O)CCNCC2)ccc1Nc1nccc(Nc2ccccc2S(=O)(=O)C(C)C)n1. The molecular formula is C71H87Cl2N16O9P3S. The van der Waals surface area contributed by atoms with E-state index in [0.717, 1.165) is 78.5 Å². The van der Waals surface area contributed by atoms with E-state index in [9.17, 15) is 26.9 Å². The van der Waals surface area contributed by atoms with Crippen LogP contribution in [0.15, 0.2) is 157 Å². The number of carbonyl (C=O) groups is 1. The highest BCUT2D eigenvalue weighted by molar-refractivity contribution is 7.92. The van der Waals surface area contributed by atoms with Gasteiger partial charge in [-0.05, 0) is 138 Å². The number of nitrogens with one attached hydrogen (secondary N) is 8. The molecule has 0 unspecified atom stereocenters. The molecule has 540 valence electrons. The third-order valence-electron chi connectivity index (χ3n) is 16.4. The Labute approximate surface area is 606 Å². The molecule has 11 rings (SSSR count). The van der Waals surface area contributed by atoms with E-state index in [1.807, 2.05) is 127 Å². The van der Waals surface area contributed by atoms with Crippen LogP contribution in [0.3, 0.4) is 0 Å². The fourth-order valence-electron chi connectivity index (χ4n) is 10.9. The van der Waals surface area contributed by atoms with Gasteiger partial charge in [-0.2, -0.15) is 15.0 Å². The first kappa shape index (κ1) is 77.2. The van der Waals surface area contributed by atoms with Crippen molar-refractivity contribution in [2.45, 2.75) is 43.3 Å². The number of para-hydroxylation sites is 3. The third-order valence-corrected chi connectivity index (χ3v) is 25.4. The highest BCUT2D eigenvalue weighted by atomic mass is 35.5. The van der Waals surface area contributed by atoms with Crippen LogP contribution in [0.1, 0.15) is 33.1 Å². The molecule has 8 N–H and O–H groups in total. The van der Waals surface area contributed by atoms with Crippen molar-refractivity contribution < 1.29 is 41.1 Å². The predicted octanol–water partition coefficient (Wildman–Crippen LogP) is 14.0. The van der Waals surface area contributed by atoms with Crippen LogP contribution < -0.4 is 77.6 Å². The number of likely N-dealkylation sites (tertiary alicyclic amines) is 1. The van der Waals surface area contributed by atoms with Crippen molar-refractivity contribution in [2.24, 2.45) is 0 Å². The molecule has 3 aromatic heterocycles. The standard InChI is InChI=1S/C26H32ClN6O3P.C24H30N5O4PS.C21H25ClN5O2P/c1-36-22-16-18(28-13-7-15-33-14-6-10-24(33)34)11-12-20(22)31-26-29-17-19(27)25(32-26)30-21-8-4-5-9-23(21)37(2,3)35;1-17(2)35(31,32)22-7-5-4-6-20(22)27-23-10-11-26-24(29-23)28-19-9-8-18(16-21(19)33-3)34(30)14-12-25-13-15-34;1-27(2)14-10-11-16(18(12-14)29-3)25-21-23-13-15(22)20(26-21)24-17-8-6-7-9-19(17)30(4,5)28/h4-5,8-9,11-12,16-17,28H,6-7,10,13-15H2,1-3H3,(H2,29,30,31,32);4-11,16-17,25H,12-15H2,1-3H3,(H2,26,27,28,29);6-13H,1-5H3,(H2,23,24,25,26). The van der Waals surface area contributed by atoms with Crippen LogP contribution >= 0.6 is 44.6 Å². The Balaban J connectivity index is 0.000000179. The fraction of sp³-hybridized carbons (Fsp3) is 0.310. The Bertz CT molecular complexity index is 4690. The summed E-state index contributed by atoms with van der Waals surface area (Å²) < 4.78 is 80.8. The van der Waals surface area contributed by atoms with Crippen molar-refractivity contribution in [1.29, 1.82) is 0 Å². The molecule has 0 radical (unpaired) electrons. The van der Waals surface area contributed by atoms with E-state index in [1.54, 1.807) is 98.4 Å². The van der Waals surface area contributed by atoms with Gasteiger partial charge in [-0.25, -0.2) is 23.4 Å². The number of anilines is 14. The second kappa shape index (κ2) is 34.8. The number of benzene rings is 6. The lowest BCUT2D eigenvalue weighted by Crippen LogP contribution is -2.32. The van der Waals surface area contributed by atoms with Crippen LogP contribution in [-0.4, -0.2) is 162 Å². The van der Waals surface area contributed by atoms with Crippen LogP contribution in [0.2, 0.25) is 10.0 Å². The zero-order valence-corrected chi connectivity index (χ0v) is 63.9. The van der Waals surface area contributed by atoms with Crippen molar-refractivity contribution in [3.8, 4) is 17.2 Å². The molecular weight excluding hydrogens is 1420 g/mol. The van der Waals surface area contributed by atoms with Gasteiger partial charge >= 0.3 is 0 Å². The van der Waals surface area contributed by atoms with Crippen LogP contribution in [0, 0.1) is 0 Å². The normalized spacial score (nSPS) is 13.5. The monoisotopic (exact) mass is 1500 g/mol. The Morgan fingerprint density at radius 1 is 0.618 bits per heavy atom. The molecule has 2 aliphatic heterocycles. The van der Waals surface area contributed by atoms with E-state index in [-0.39, 0.29) is 10.8 Å². The topological polar surface area (TPSA) is 310 Å². The average Bonchev–Trinajstić information content (AvgIpc) is 0.861. The van der Waals surface area contributed by atoms with Crippen LogP contribution in [0.5, 0.6) is 17.2 Å². The summed E-state index contributed by atoms with van der Waals surface area (Å²) in [4.78, 5) is 42.2. The number of ether oxygens (including phenoxy) is 3. The van der Waals surface area contributed by atoms with Gasteiger partial charge in [0, 0.05) is 111 Å². The number of carbonyl (C=O) groups excluding carboxylic acids is 1. The van der Waals surface area contributed by atoms with E-state index < -0.39 is 36.5 Å². The first-order valence-corrected chi connectivity index (χ1v) is 42.4. The molecule has 0 bridgehead atoms. The Hall–Kier alpha value is -8.99. The average molecular weight is 1500 g/mol. The summed E-state index contributed by atoms with van der Waals surface area (Å²) in [6.45, 7) is 14.1. The summed E-state index contributed by atoms with van der Waals surface area (Å²) in [6.07, 6.45) is 8.36. The number of aromatic nitrogens is 6. The van der Waals surface area contributed by atoms with Gasteiger partial charge < -0.3 is 80.2 Å². The molecule has 2 aliphatic rings. The fourth-order valence-corrected chi connectivity index (χ4v) is 17.2. The van der Waals surface area contributed by atoms with Gasteiger partial charge in [0.05, 0.1) is 78.0 Å². The van der Waals surface area contributed by atoms with Gasteiger partial charge in [0.25, 0.3) is 0 Å². The van der Waals surface area contributed by atoms with E-state index in [4.69, 9.17) is 37.4 Å². The molecule has 0 aliphatic carbocycles. The number of amides is 1. The number of sulfone groups is 1. The maximum Gasteiger partial charge on any atom is 0.229 e. The summed E-state index contributed by atoms with van der Waals surface area (Å²) in [5.74, 6) is 4.32. The Kier molecular flexibility index (Phi) is 26.3. The van der Waals surface area contributed by atoms with Crippen molar-refractivity contribution in [3.05, 3.63) is 162 Å². The minimum Gasteiger partial charge on any atom is -0.495 e. The molecule has 31 heteroatoms. The van der Waals surface area contributed by atoms with Gasteiger partial charge in [0.2, 0.25) is 23.8 Å². The Morgan fingerprint density at radius 3 is 1.66 bits per heavy atom. The summed E-state index contributed by atoms with van der Waals surface area (Å²) >= 11 is 12.7. The second-order valence-electron chi connectivity index (χ2n) is 25.1. The smallest absolute Gasteiger partial charge is 0.229 e. The molecule has 0 saturated carbocycles. The summed E-state index contributed by atoms with van der Waals surface area (Å²) in [5.41, 5.74) is 5.80. The summed E-state index contributed by atoms with van der Waals surface area (Å²) in [6, 6.07) is 40.3. The lowest BCUT2D eigenvalue weighted by atomic mass is 10.2. The molecule has 102 heavy (non-hydrogen) atoms. The maximum atomic E-state index is 13.3. The maximum absolute atomic E-state index is 13.3. The molecule has 2 fully saturated rings. The van der Waals surface area contributed by atoms with Gasteiger partial charge in [-0.15, -0.1) is 0 Å². The summed E-state index contributed by atoms with van der Waals surface area (Å²) in [7, 11) is -2.21. The minimum atomic E-state index is -3.48. The molecule has 25 nitrogen and oxygen atoms in total. The largest absolute Gasteiger partial charge is 0.495 e. The van der Waals surface area contributed by atoms with Crippen molar-refractivity contribution in [3.63, 3.8) is 0 Å². The first-order chi connectivity index (χ1) is 48.7. The number of rotatable bonds is 26. The zero-order valence-electron chi connectivity index (χ0n) is 58.8. The van der Waals surface area contributed by atoms with E-state index in [0.29, 0.717) is 110 Å². The van der Waals surface area contributed by atoms with Crippen molar-refractivity contribution >= 4 is 157 Å². The highest BCUT2D eigenvalue weighted by Gasteiger charge is 2.29. The molecule has 9 aromatic rings. The second-order valence-corrected chi connectivity index (χ2v) is 37.9. The van der Waals surface area contributed by atoms with Crippen molar-refractivity contribution in [1.82, 2.24) is 40.1 Å². The molecule has 6 aromatic carbocycles. The van der Waals surface area contributed by atoms with Crippen LogP contribution in [0.25, 0.3) is 0 Å². The summed E-state index contributed by atoms with van der Waals surface area (Å²) in [5, 5.41) is 28.0. The minimum absolute atomic E-state index is 0.216. The van der Waals surface area contributed by atoms with Gasteiger partial charge in [-0.3, -0.25) is 4.79 Å². The van der Waals surface area contributed by atoms with E-state index in [2.05, 4.69) is 72.4 Å².